The summed E-state index contributed by atoms with van der Waals surface area (Å²) in [6.07, 6.45) is 5.62. The Morgan fingerprint density at radius 2 is 2.03 bits per heavy atom. The molecule has 29 heavy (non-hydrogen) atoms. The van der Waals surface area contributed by atoms with E-state index in [1.807, 2.05) is 30.0 Å². The normalized spacial score (nSPS) is 16.1. The summed E-state index contributed by atoms with van der Waals surface area (Å²) in [5.41, 5.74) is 2.23. The van der Waals surface area contributed by atoms with Gasteiger partial charge in [0.25, 0.3) is 0 Å². The molecule has 0 bridgehead atoms. The zero-order valence-corrected chi connectivity index (χ0v) is 16.2. The van der Waals surface area contributed by atoms with Crippen LogP contribution in [0.2, 0.25) is 0 Å². The molecule has 3 aromatic rings. The van der Waals surface area contributed by atoms with E-state index in [-0.39, 0.29) is 17.8 Å². The van der Waals surface area contributed by atoms with E-state index in [2.05, 4.69) is 15.3 Å². The molecule has 148 valence electrons. The number of aromatic nitrogens is 3. The molecule has 1 saturated heterocycles. The van der Waals surface area contributed by atoms with Gasteiger partial charge in [-0.25, -0.2) is 14.4 Å². The quantitative estimate of drug-likeness (QED) is 0.694. The van der Waals surface area contributed by atoms with Crippen molar-refractivity contribution in [3.05, 3.63) is 66.5 Å². The van der Waals surface area contributed by atoms with Crippen molar-refractivity contribution in [3.8, 4) is 11.3 Å². The fourth-order valence-corrected chi connectivity index (χ4v) is 3.60. The maximum absolute atomic E-state index is 13.6. The van der Waals surface area contributed by atoms with Crippen LogP contribution in [0, 0.1) is 5.82 Å². The second-order valence-electron chi connectivity index (χ2n) is 6.97. The third-order valence-electron chi connectivity index (χ3n) is 4.99. The molecule has 2 aromatic heterocycles. The van der Waals surface area contributed by atoms with Crippen molar-refractivity contribution in [1.29, 1.82) is 0 Å². The molecule has 1 unspecified atom stereocenters. The minimum absolute atomic E-state index is 0.102. The SMILES string of the molecule is CCC(=O)N1CCCC1c1nc(Nc2cccc(F)c2)cc(-c2ccncc2)n1. The molecule has 7 heteroatoms. The van der Waals surface area contributed by atoms with Gasteiger partial charge in [0.2, 0.25) is 5.91 Å². The van der Waals surface area contributed by atoms with Crippen LogP contribution in [0.15, 0.2) is 54.9 Å². The largest absolute Gasteiger partial charge is 0.340 e. The number of halogens is 1. The molecule has 0 aliphatic carbocycles. The van der Waals surface area contributed by atoms with Crippen molar-refractivity contribution < 1.29 is 9.18 Å². The highest BCUT2D eigenvalue weighted by atomic mass is 19.1. The number of benzene rings is 1. The number of nitrogens with one attached hydrogen (secondary N) is 1. The van der Waals surface area contributed by atoms with E-state index in [1.54, 1.807) is 24.5 Å². The molecular formula is C22H22FN5O. The van der Waals surface area contributed by atoms with Crippen LogP contribution in [-0.4, -0.2) is 32.3 Å². The summed E-state index contributed by atoms with van der Waals surface area (Å²) in [5, 5.41) is 3.17. The Hall–Kier alpha value is -3.35. The molecule has 6 nitrogen and oxygen atoms in total. The average molecular weight is 391 g/mol. The van der Waals surface area contributed by atoms with Gasteiger partial charge in [0.05, 0.1) is 11.7 Å². The van der Waals surface area contributed by atoms with Gasteiger partial charge in [-0.1, -0.05) is 13.0 Å². The summed E-state index contributed by atoms with van der Waals surface area (Å²) in [5.74, 6) is 0.930. The van der Waals surface area contributed by atoms with Crippen LogP contribution in [0.25, 0.3) is 11.3 Å². The van der Waals surface area contributed by atoms with E-state index in [0.717, 1.165) is 24.1 Å². The molecule has 4 rings (SSSR count). The highest BCUT2D eigenvalue weighted by Crippen LogP contribution is 2.33. The molecule has 1 amide bonds. The second-order valence-corrected chi connectivity index (χ2v) is 6.97. The molecular weight excluding hydrogens is 369 g/mol. The van der Waals surface area contributed by atoms with Gasteiger partial charge in [0.1, 0.15) is 11.6 Å². The van der Waals surface area contributed by atoms with E-state index >= 15 is 0 Å². The fourth-order valence-electron chi connectivity index (χ4n) is 3.60. The molecule has 1 N–H and O–H groups in total. The summed E-state index contributed by atoms with van der Waals surface area (Å²) in [6, 6.07) is 11.6. The third kappa shape index (κ3) is 4.23. The highest BCUT2D eigenvalue weighted by Gasteiger charge is 2.31. The lowest BCUT2D eigenvalue weighted by Crippen LogP contribution is -2.30. The van der Waals surface area contributed by atoms with Gasteiger partial charge in [-0.05, 0) is 43.2 Å². The number of likely N-dealkylation sites (tertiary alicyclic amines) is 1. The van der Waals surface area contributed by atoms with Crippen molar-refractivity contribution in [3.63, 3.8) is 0 Å². The van der Waals surface area contributed by atoms with Crippen LogP contribution in [-0.2, 0) is 4.79 Å². The number of pyridine rings is 1. The Morgan fingerprint density at radius 3 is 2.79 bits per heavy atom. The standard InChI is InChI=1S/C22H22FN5O/c1-2-21(29)28-12-4-7-19(28)22-26-18(15-8-10-24-11-9-15)14-20(27-22)25-17-6-3-5-16(23)13-17/h3,5-6,8-11,13-14,19H,2,4,7,12H2,1H3,(H,25,26,27). The van der Waals surface area contributed by atoms with Crippen LogP contribution in [0.4, 0.5) is 15.9 Å². The predicted molar refractivity (Wildman–Crippen MR) is 109 cm³/mol. The van der Waals surface area contributed by atoms with Crippen LogP contribution in [0.3, 0.4) is 0 Å². The number of carbonyl (C=O) groups is 1. The monoisotopic (exact) mass is 391 g/mol. The fraction of sp³-hybridized carbons (Fsp3) is 0.273. The van der Waals surface area contributed by atoms with E-state index in [0.29, 0.717) is 30.3 Å². The van der Waals surface area contributed by atoms with Crippen molar-refractivity contribution in [1.82, 2.24) is 19.9 Å². The van der Waals surface area contributed by atoms with Crippen LogP contribution in [0.5, 0.6) is 0 Å². The Balaban J connectivity index is 1.75. The van der Waals surface area contributed by atoms with E-state index in [1.165, 1.54) is 12.1 Å². The summed E-state index contributed by atoms with van der Waals surface area (Å²) < 4.78 is 13.6. The first kappa shape index (κ1) is 19.0. The smallest absolute Gasteiger partial charge is 0.222 e. The average Bonchev–Trinajstić information content (AvgIpc) is 3.24. The Morgan fingerprint density at radius 1 is 1.21 bits per heavy atom. The molecule has 1 aliphatic rings. The van der Waals surface area contributed by atoms with E-state index in [4.69, 9.17) is 4.98 Å². The molecule has 0 spiro atoms. The van der Waals surface area contributed by atoms with Crippen LogP contribution in [0.1, 0.15) is 38.1 Å². The van der Waals surface area contributed by atoms with Crippen molar-refractivity contribution in [2.75, 3.05) is 11.9 Å². The number of hydrogen-bond donors (Lipinski definition) is 1. The lowest BCUT2D eigenvalue weighted by Gasteiger charge is -2.24. The third-order valence-corrected chi connectivity index (χ3v) is 4.99. The maximum Gasteiger partial charge on any atom is 0.222 e. The number of nitrogens with zero attached hydrogens (tertiary/aromatic N) is 4. The molecule has 1 aliphatic heterocycles. The Kier molecular flexibility index (Phi) is 5.46. The minimum atomic E-state index is -0.325. The molecule has 0 radical (unpaired) electrons. The predicted octanol–water partition coefficient (Wildman–Crippen LogP) is 4.49. The molecule has 1 fully saturated rings. The zero-order valence-electron chi connectivity index (χ0n) is 16.2. The minimum Gasteiger partial charge on any atom is -0.340 e. The zero-order chi connectivity index (χ0) is 20.2. The van der Waals surface area contributed by atoms with E-state index in [9.17, 15) is 9.18 Å². The van der Waals surface area contributed by atoms with E-state index < -0.39 is 0 Å². The summed E-state index contributed by atoms with van der Waals surface area (Å²) in [7, 11) is 0. The van der Waals surface area contributed by atoms with Gasteiger partial charge in [-0.3, -0.25) is 9.78 Å². The number of carbonyl (C=O) groups excluding carboxylic acids is 1. The van der Waals surface area contributed by atoms with Gasteiger partial charge in [-0.15, -0.1) is 0 Å². The molecule has 1 atom stereocenters. The number of rotatable bonds is 5. The molecule has 0 saturated carbocycles. The number of amides is 1. The van der Waals surface area contributed by atoms with Gasteiger partial charge >= 0.3 is 0 Å². The molecule has 3 heterocycles. The summed E-state index contributed by atoms with van der Waals surface area (Å²) in [6.45, 7) is 2.58. The lowest BCUT2D eigenvalue weighted by molar-refractivity contribution is -0.131. The van der Waals surface area contributed by atoms with Crippen LogP contribution >= 0.6 is 0 Å². The van der Waals surface area contributed by atoms with Crippen molar-refractivity contribution in [2.45, 2.75) is 32.2 Å². The van der Waals surface area contributed by atoms with Crippen molar-refractivity contribution in [2.24, 2.45) is 0 Å². The summed E-state index contributed by atoms with van der Waals surface area (Å²) in [4.78, 5) is 27.7. The first-order valence-corrected chi connectivity index (χ1v) is 9.75. The van der Waals surface area contributed by atoms with Crippen molar-refractivity contribution >= 4 is 17.4 Å². The van der Waals surface area contributed by atoms with Gasteiger partial charge in [0, 0.05) is 42.7 Å². The number of hydrogen-bond acceptors (Lipinski definition) is 5. The number of anilines is 2. The first-order chi connectivity index (χ1) is 14.1. The van der Waals surface area contributed by atoms with Gasteiger partial charge in [-0.2, -0.15) is 0 Å². The maximum atomic E-state index is 13.6. The second kappa shape index (κ2) is 8.34. The Bertz CT molecular complexity index is 1010. The molecule has 1 aromatic carbocycles. The lowest BCUT2D eigenvalue weighted by atomic mass is 10.1. The van der Waals surface area contributed by atoms with Gasteiger partial charge in [0.15, 0.2) is 5.82 Å². The summed E-state index contributed by atoms with van der Waals surface area (Å²) >= 11 is 0. The highest BCUT2D eigenvalue weighted by molar-refractivity contribution is 5.76. The topological polar surface area (TPSA) is 71.0 Å². The van der Waals surface area contributed by atoms with Crippen LogP contribution < -0.4 is 5.32 Å². The first-order valence-electron chi connectivity index (χ1n) is 9.75. The Labute approximate surface area is 168 Å². The van der Waals surface area contributed by atoms with Gasteiger partial charge < -0.3 is 10.2 Å².